The van der Waals surface area contributed by atoms with Crippen molar-refractivity contribution in [3.05, 3.63) is 60.2 Å². The SMILES string of the molecule is CC1C=C(c2ccc(-c3cnn4c(N)cc(C5CCS(=O)(=O)CC5)nc34)cn2)C=CC1. The molecule has 2 aliphatic rings. The quantitative estimate of drug-likeness (QED) is 0.674. The second kappa shape index (κ2) is 7.60. The fourth-order valence-corrected chi connectivity index (χ4v) is 5.83. The standard InChI is InChI=1S/C23H25N5O2S/c1-15-3-2-4-17(11-15)20-6-5-18(13-25-20)19-14-26-28-22(24)12-21(27-23(19)28)16-7-9-31(29,30)10-8-16/h2,4-6,11-16H,3,7-10,24H2,1H3. The van der Waals surface area contributed by atoms with Crippen molar-refractivity contribution in [1.29, 1.82) is 0 Å². The van der Waals surface area contributed by atoms with Crippen molar-refractivity contribution in [3.8, 4) is 11.1 Å². The van der Waals surface area contributed by atoms with Crippen LogP contribution in [-0.2, 0) is 9.84 Å². The van der Waals surface area contributed by atoms with E-state index in [4.69, 9.17) is 10.7 Å². The number of nitrogens with two attached hydrogens (primary N) is 1. The molecule has 0 bridgehead atoms. The molecule has 7 nitrogen and oxygen atoms in total. The van der Waals surface area contributed by atoms with E-state index >= 15 is 0 Å². The Hall–Kier alpha value is -3.00. The zero-order valence-electron chi connectivity index (χ0n) is 17.4. The first-order chi connectivity index (χ1) is 14.9. The molecular weight excluding hydrogens is 410 g/mol. The minimum atomic E-state index is -2.93. The van der Waals surface area contributed by atoms with Gasteiger partial charge in [-0.1, -0.05) is 31.2 Å². The van der Waals surface area contributed by atoms with Gasteiger partial charge in [-0.3, -0.25) is 4.98 Å². The summed E-state index contributed by atoms with van der Waals surface area (Å²) in [5.41, 5.74) is 11.6. The highest BCUT2D eigenvalue weighted by Gasteiger charge is 2.26. The summed E-state index contributed by atoms with van der Waals surface area (Å²) in [6, 6.07) is 5.87. The molecule has 2 N–H and O–H groups in total. The molecule has 160 valence electrons. The fraction of sp³-hybridized carbons (Fsp3) is 0.348. The van der Waals surface area contributed by atoms with Gasteiger partial charge in [-0.25, -0.2) is 13.4 Å². The lowest BCUT2D eigenvalue weighted by Gasteiger charge is -2.21. The Morgan fingerprint density at radius 3 is 2.68 bits per heavy atom. The highest BCUT2D eigenvalue weighted by molar-refractivity contribution is 7.91. The van der Waals surface area contributed by atoms with Crippen molar-refractivity contribution in [3.63, 3.8) is 0 Å². The van der Waals surface area contributed by atoms with Crippen LogP contribution in [0.3, 0.4) is 0 Å². The molecule has 4 heterocycles. The third kappa shape index (κ3) is 3.87. The normalized spacial score (nSPS) is 21.3. The Bertz CT molecular complexity index is 1290. The number of hydrogen-bond acceptors (Lipinski definition) is 6. The topological polar surface area (TPSA) is 103 Å². The Labute approximate surface area is 181 Å². The zero-order chi connectivity index (χ0) is 21.6. The van der Waals surface area contributed by atoms with Crippen molar-refractivity contribution < 1.29 is 8.42 Å². The monoisotopic (exact) mass is 435 g/mol. The summed E-state index contributed by atoms with van der Waals surface area (Å²) >= 11 is 0. The highest BCUT2D eigenvalue weighted by atomic mass is 32.2. The number of sulfone groups is 1. The van der Waals surface area contributed by atoms with E-state index in [0.717, 1.165) is 34.5 Å². The highest BCUT2D eigenvalue weighted by Crippen LogP contribution is 2.32. The van der Waals surface area contributed by atoms with E-state index in [1.807, 2.05) is 24.4 Å². The number of rotatable bonds is 3. The third-order valence-corrected chi connectivity index (χ3v) is 7.85. The Balaban J connectivity index is 1.49. The summed E-state index contributed by atoms with van der Waals surface area (Å²) in [6.07, 6.45) is 12.4. The van der Waals surface area contributed by atoms with Crippen LogP contribution in [0, 0.1) is 5.92 Å². The van der Waals surface area contributed by atoms with Crippen LogP contribution >= 0.6 is 0 Å². The van der Waals surface area contributed by atoms with E-state index in [1.54, 1.807) is 10.7 Å². The number of fused-ring (bicyclic) bond motifs is 1. The summed E-state index contributed by atoms with van der Waals surface area (Å²) < 4.78 is 25.2. The van der Waals surface area contributed by atoms with Crippen LogP contribution in [0.1, 0.15) is 43.5 Å². The Kier molecular flexibility index (Phi) is 4.89. The van der Waals surface area contributed by atoms with E-state index in [2.05, 4.69) is 35.2 Å². The molecule has 1 aliphatic carbocycles. The number of anilines is 1. The lowest BCUT2D eigenvalue weighted by atomic mass is 9.96. The first kappa shape index (κ1) is 19.9. The first-order valence-electron chi connectivity index (χ1n) is 10.6. The molecule has 0 saturated carbocycles. The van der Waals surface area contributed by atoms with Crippen molar-refractivity contribution in [2.24, 2.45) is 5.92 Å². The number of aromatic nitrogens is 4. The van der Waals surface area contributed by atoms with Gasteiger partial charge in [-0.2, -0.15) is 9.61 Å². The number of nitrogen functional groups attached to an aromatic ring is 1. The van der Waals surface area contributed by atoms with Gasteiger partial charge in [0.15, 0.2) is 5.65 Å². The van der Waals surface area contributed by atoms with Crippen molar-refractivity contribution in [1.82, 2.24) is 19.6 Å². The van der Waals surface area contributed by atoms with Gasteiger partial charge in [0.2, 0.25) is 0 Å². The number of nitrogens with zero attached hydrogens (tertiary/aromatic N) is 4. The van der Waals surface area contributed by atoms with Crippen molar-refractivity contribution in [2.45, 2.75) is 32.1 Å². The molecule has 8 heteroatoms. The summed E-state index contributed by atoms with van der Waals surface area (Å²) in [6.45, 7) is 2.20. The van der Waals surface area contributed by atoms with Gasteiger partial charge in [-0.05, 0) is 36.8 Å². The van der Waals surface area contributed by atoms with Crippen LogP contribution in [0.2, 0.25) is 0 Å². The Morgan fingerprint density at radius 2 is 1.97 bits per heavy atom. The first-order valence-corrected chi connectivity index (χ1v) is 12.4. The van der Waals surface area contributed by atoms with Crippen molar-refractivity contribution >= 4 is 26.9 Å². The number of hydrogen-bond donors (Lipinski definition) is 1. The fourth-order valence-electron chi connectivity index (χ4n) is 4.34. The maximum atomic E-state index is 11.8. The lowest BCUT2D eigenvalue weighted by molar-refractivity contribution is 0.544. The van der Waals surface area contributed by atoms with Gasteiger partial charge in [0.1, 0.15) is 15.7 Å². The van der Waals surface area contributed by atoms with Crippen LogP contribution in [0.4, 0.5) is 5.82 Å². The molecule has 31 heavy (non-hydrogen) atoms. The average Bonchev–Trinajstić information content (AvgIpc) is 3.18. The van der Waals surface area contributed by atoms with Gasteiger partial charge in [0, 0.05) is 35.0 Å². The minimum Gasteiger partial charge on any atom is -0.384 e. The zero-order valence-corrected chi connectivity index (χ0v) is 18.2. The summed E-state index contributed by atoms with van der Waals surface area (Å²) in [5.74, 6) is 1.50. The molecule has 3 aromatic rings. The van der Waals surface area contributed by atoms with Gasteiger partial charge >= 0.3 is 0 Å². The van der Waals surface area contributed by atoms with Crippen LogP contribution in [-0.4, -0.2) is 39.5 Å². The summed E-state index contributed by atoms with van der Waals surface area (Å²) in [4.78, 5) is 9.51. The van der Waals surface area contributed by atoms with Gasteiger partial charge < -0.3 is 5.73 Å². The molecule has 0 spiro atoms. The largest absolute Gasteiger partial charge is 0.384 e. The molecule has 0 amide bonds. The predicted molar refractivity (Wildman–Crippen MR) is 122 cm³/mol. The molecule has 3 aromatic heterocycles. The average molecular weight is 436 g/mol. The van der Waals surface area contributed by atoms with Gasteiger partial charge in [-0.15, -0.1) is 0 Å². The molecule has 5 rings (SSSR count). The molecule has 1 aliphatic heterocycles. The third-order valence-electron chi connectivity index (χ3n) is 6.13. The van der Waals surface area contributed by atoms with Crippen LogP contribution < -0.4 is 5.73 Å². The molecule has 1 unspecified atom stereocenters. The lowest BCUT2D eigenvalue weighted by Crippen LogP contribution is -2.23. The maximum absolute atomic E-state index is 11.8. The molecule has 1 fully saturated rings. The smallest absolute Gasteiger partial charge is 0.165 e. The minimum absolute atomic E-state index is 0.0890. The second-order valence-electron chi connectivity index (χ2n) is 8.50. The van der Waals surface area contributed by atoms with E-state index in [0.29, 0.717) is 30.2 Å². The predicted octanol–water partition coefficient (Wildman–Crippen LogP) is 3.65. The summed E-state index contributed by atoms with van der Waals surface area (Å²) in [5, 5.41) is 4.41. The summed E-state index contributed by atoms with van der Waals surface area (Å²) in [7, 11) is -2.93. The second-order valence-corrected chi connectivity index (χ2v) is 10.8. The molecule has 1 atom stereocenters. The number of allylic oxidation sites excluding steroid dienone is 4. The number of pyridine rings is 1. The molecule has 0 radical (unpaired) electrons. The van der Waals surface area contributed by atoms with E-state index in [-0.39, 0.29) is 17.4 Å². The van der Waals surface area contributed by atoms with Gasteiger partial charge in [0.25, 0.3) is 0 Å². The van der Waals surface area contributed by atoms with E-state index < -0.39 is 9.84 Å². The maximum Gasteiger partial charge on any atom is 0.165 e. The molecular formula is C23H25N5O2S. The van der Waals surface area contributed by atoms with Crippen LogP contribution in [0.25, 0.3) is 22.3 Å². The van der Waals surface area contributed by atoms with E-state index in [1.165, 1.54) is 0 Å². The Morgan fingerprint density at radius 1 is 1.16 bits per heavy atom. The van der Waals surface area contributed by atoms with Gasteiger partial charge in [0.05, 0.1) is 23.4 Å². The molecule has 1 saturated heterocycles. The van der Waals surface area contributed by atoms with Crippen LogP contribution in [0.5, 0.6) is 0 Å². The molecule has 0 aromatic carbocycles. The van der Waals surface area contributed by atoms with Crippen LogP contribution in [0.15, 0.2) is 48.8 Å². The van der Waals surface area contributed by atoms with Crippen molar-refractivity contribution in [2.75, 3.05) is 17.2 Å². The van der Waals surface area contributed by atoms with E-state index in [9.17, 15) is 8.42 Å².